The molecule has 1 N–H and O–H groups in total. The third kappa shape index (κ3) is 5.66. The molecule has 0 aliphatic carbocycles. The van der Waals surface area contributed by atoms with E-state index in [-0.39, 0.29) is 32.1 Å². The van der Waals surface area contributed by atoms with Crippen molar-refractivity contribution in [3.05, 3.63) is 51.5 Å². The van der Waals surface area contributed by atoms with Crippen LogP contribution >= 0.6 is 27.5 Å². The Morgan fingerprint density at radius 3 is 2.41 bits per heavy atom. The normalized spacial score (nSPS) is 14.3. The highest BCUT2D eigenvalue weighted by molar-refractivity contribution is 9.10. The van der Waals surface area contributed by atoms with E-state index in [0.29, 0.717) is 38.8 Å². The molecule has 3 rings (SSSR count). The van der Waals surface area contributed by atoms with Crippen LogP contribution in [0, 0.1) is 0 Å². The summed E-state index contributed by atoms with van der Waals surface area (Å²) in [7, 11) is 0. The van der Waals surface area contributed by atoms with Gasteiger partial charge in [0.1, 0.15) is 5.75 Å². The topological polar surface area (TPSA) is 61.9 Å². The van der Waals surface area contributed by atoms with Crippen molar-refractivity contribution in [2.75, 3.05) is 43.0 Å². The summed E-state index contributed by atoms with van der Waals surface area (Å²) < 4.78 is 44.1. The number of alkyl halides is 3. The van der Waals surface area contributed by atoms with Crippen LogP contribution in [0.15, 0.2) is 40.9 Å². The van der Waals surface area contributed by atoms with Gasteiger partial charge in [-0.1, -0.05) is 11.6 Å². The van der Waals surface area contributed by atoms with Gasteiger partial charge in [-0.15, -0.1) is 0 Å². The van der Waals surface area contributed by atoms with E-state index in [4.69, 9.17) is 16.3 Å². The second-order valence-corrected chi connectivity index (χ2v) is 8.26. The fraction of sp³-hybridized carbons (Fsp3) is 0.333. The number of rotatable bonds is 5. The monoisotopic (exact) mass is 533 g/mol. The van der Waals surface area contributed by atoms with Crippen LogP contribution in [0.1, 0.15) is 17.3 Å². The fourth-order valence-electron chi connectivity index (χ4n) is 3.32. The van der Waals surface area contributed by atoms with Gasteiger partial charge in [0.25, 0.3) is 5.91 Å². The van der Waals surface area contributed by atoms with Crippen LogP contribution in [-0.4, -0.2) is 55.7 Å². The van der Waals surface area contributed by atoms with E-state index in [1.807, 2.05) is 6.92 Å². The zero-order valence-corrected chi connectivity index (χ0v) is 19.4. The van der Waals surface area contributed by atoms with Crippen molar-refractivity contribution in [2.45, 2.75) is 13.1 Å². The number of carbonyl (C=O) groups excluding carboxylic acids is 2. The molecule has 1 heterocycles. The minimum atomic E-state index is -4.90. The van der Waals surface area contributed by atoms with Gasteiger partial charge < -0.3 is 19.9 Å². The van der Waals surface area contributed by atoms with E-state index in [9.17, 15) is 22.8 Å². The summed E-state index contributed by atoms with van der Waals surface area (Å²) >= 11 is 9.48. The van der Waals surface area contributed by atoms with Gasteiger partial charge in [-0.05, 0) is 59.3 Å². The van der Waals surface area contributed by atoms with Crippen molar-refractivity contribution in [3.8, 4) is 5.75 Å². The molecule has 1 saturated heterocycles. The Labute approximate surface area is 196 Å². The Bertz CT molecular complexity index is 1010. The van der Waals surface area contributed by atoms with E-state index in [2.05, 4.69) is 21.2 Å². The minimum Gasteiger partial charge on any atom is -0.493 e. The smallest absolute Gasteiger partial charge is 0.471 e. The number of piperazine rings is 1. The van der Waals surface area contributed by atoms with Crippen LogP contribution in [0.2, 0.25) is 5.02 Å². The largest absolute Gasteiger partial charge is 0.493 e. The van der Waals surface area contributed by atoms with Crippen LogP contribution in [-0.2, 0) is 4.79 Å². The molecule has 0 bridgehead atoms. The first-order valence-corrected chi connectivity index (χ1v) is 10.9. The van der Waals surface area contributed by atoms with Gasteiger partial charge in [-0.25, -0.2) is 0 Å². The second kappa shape index (κ2) is 9.99. The first kappa shape index (κ1) is 24.2. The van der Waals surface area contributed by atoms with E-state index in [1.54, 1.807) is 41.3 Å². The summed E-state index contributed by atoms with van der Waals surface area (Å²) in [6, 6.07) is 9.83. The van der Waals surface area contributed by atoms with Gasteiger partial charge in [-0.3, -0.25) is 9.59 Å². The van der Waals surface area contributed by atoms with Gasteiger partial charge in [0.2, 0.25) is 0 Å². The summed E-state index contributed by atoms with van der Waals surface area (Å²) in [6.45, 7) is 2.53. The lowest BCUT2D eigenvalue weighted by molar-refractivity contribution is -0.185. The molecule has 2 amide bonds. The molecule has 1 aliphatic rings. The van der Waals surface area contributed by atoms with Crippen LogP contribution in [0.4, 0.5) is 24.5 Å². The van der Waals surface area contributed by atoms with E-state index >= 15 is 0 Å². The summed E-state index contributed by atoms with van der Waals surface area (Å²) in [4.78, 5) is 26.9. The maximum absolute atomic E-state index is 12.8. The zero-order valence-electron chi connectivity index (χ0n) is 17.0. The maximum Gasteiger partial charge on any atom is 0.471 e. The molecule has 6 nitrogen and oxygen atoms in total. The van der Waals surface area contributed by atoms with Gasteiger partial charge in [0.15, 0.2) is 0 Å². The van der Waals surface area contributed by atoms with Crippen LogP contribution < -0.4 is 15.0 Å². The molecule has 172 valence electrons. The zero-order chi connectivity index (χ0) is 23.5. The van der Waals surface area contributed by atoms with Gasteiger partial charge in [0.05, 0.1) is 22.5 Å². The average molecular weight is 535 g/mol. The van der Waals surface area contributed by atoms with Crippen molar-refractivity contribution in [1.82, 2.24) is 4.90 Å². The van der Waals surface area contributed by atoms with Crippen molar-refractivity contribution in [2.24, 2.45) is 0 Å². The molecule has 0 radical (unpaired) electrons. The Hall–Kier alpha value is -2.46. The van der Waals surface area contributed by atoms with Crippen molar-refractivity contribution < 1.29 is 27.5 Å². The lowest BCUT2D eigenvalue weighted by Gasteiger charge is -2.37. The number of anilines is 2. The third-order valence-corrected chi connectivity index (χ3v) is 5.71. The molecule has 2 aromatic carbocycles. The van der Waals surface area contributed by atoms with E-state index < -0.39 is 12.1 Å². The summed E-state index contributed by atoms with van der Waals surface area (Å²) in [5.74, 6) is -1.62. The summed E-state index contributed by atoms with van der Waals surface area (Å²) in [6.07, 6.45) is -4.90. The summed E-state index contributed by atoms with van der Waals surface area (Å²) in [5, 5.41) is 3.21. The number of nitrogens with zero attached hydrogens (tertiary/aromatic N) is 2. The average Bonchev–Trinajstić information content (AvgIpc) is 2.74. The molecule has 0 atom stereocenters. The van der Waals surface area contributed by atoms with Gasteiger partial charge >= 0.3 is 12.1 Å². The quantitative estimate of drug-likeness (QED) is 0.589. The highest BCUT2D eigenvalue weighted by Crippen LogP contribution is 2.32. The standard InChI is InChI=1S/C21H20BrClF3N3O3/c1-2-32-18-6-3-13(11-15(18)22)19(30)27-16-12-14(23)4-5-17(16)28-7-9-29(10-8-28)20(31)21(24,25)26/h3-6,11-12H,2,7-10H2,1H3,(H,27,30). The fourth-order valence-corrected chi connectivity index (χ4v) is 3.99. The van der Waals surface area contributed by atoms with E-state index in [0.717, 1.165) is 4.90 Å². The van der Waals surface area contributed by atoms with E-state index in [1.165, 1.54) is 0 Å². The number of ether oxygens (including phenoxy) is 1. The highest BCUT2D eigenvalue weighted by Gasteiger charge is 2.43. The molecule has 0 unspecified atom stereocenters. The Kier molecular flexibility index (Phi) is 7.55. The molecule has 0 saturated carbocycles. The Morgan fingerprint density at radius 1 is 1.12 bits per heavy atom. The number of amides is 2. The number of hydrogen-bond donors (Lipinski definition) is 1. The number of benzene rings is 2. The Morgan fingerprint density at radius 2 is 1.81 bits per heavy atom. The SMILES string of the molecule is CCOc1ccc(C(=O)Nc2cc(Cl)ccc2N2CCN(C(=O)C(F)(F)F)CC2)cc1Br. The summed E-state index contributed by atoms with van der Waals surface area (Å²) in [5.41, 5.74) is 1.40. The predicted molar refractivity (Wildman–Crippen MR) is 120 cm³/mol. The predicted octanol–water partition coefficient (Wildman–Crippen LogP) is 4.96. The highest BCUT2D eigenvalue weighted by atomic mass is 79.9. The molecular formula is C21H20BrClF3N3O3. The van der Waals surface area contributed by atoms with Crippen LogP contribution in [0.25, 0.3) is 0 Å². The number of carbonyl (C=O) groups is 2. The number of hydrogen-bond acceptors (Lipinski definition) is 4. The van der Waals surface area contributed by atoms with Crippen LogP contribution in [0.3, 0.4) is 0 Å². The minimum absolute atomic E-state index is 0.0831. The molecular weight excluding hydrogens is 515 g/mol. The molecule has 1 aliphatic heterocycles. The number of nitrogens with one attached hydrogen (secondary N) is 1. The molecule has 32 heavy (non-hydrogen) atoms. The van der Waals surface area contributed by atoms with Crippen molar-refractivity contribution in [1.29, 1.82) is 0 Å². The lowest BCUT2D eigenvalue weighted by atomic mass is 10.1. The maximum atomic E-state index is 12.8. The molecule has 0 spiro atoms. The third-order valence-electron chi connectivity index (χ3n) is 4.85. The molecule has 1 fully saturated rings. The first-order chi connectivity index (χ1) is 15.1. The lowest BCUT2D eigenvalue weighted by Crippen LogP contribution is -2.52. The second-order valence-electron chi connectivity index (χ2n) is 6.97. The van der Waals surface area contributed by atoms with Crippen LogP contribution in [0.5, 0.6) is 5.75 Å². The molecule has 11 heteroatoms. The molecule has 2 aromatic rings. The molecule has 0 aromatic heterocycles. The van der Waals surface area contributed by atoms with Crippen molar-refractivity contribution in [3.63, 3.8) is 0 Å². The first-order valence-electron chi connectivity index (χ1n) is 9.74. The van der Waals surface area contributed by atoms with Crippen molar-refractivity contribution >= 4 is 50.7 Å². The number of halogens is 5. The van der Waals surface area contributed by atoms with Gasteiger partial charge in [-0.2, -0.15) is 13.2 Å². The Balaban J connectivity index is 1.75. The van der Waals surface area contributed by atoms with Gasteiger partial charge in [0, 0.05) is 36.8 Å².